The standard InChI is InChI=1S/C25H18Br3IN2O4/c1-2-33-21-9-16(19(28)11-22(21)34-13-14-3-5-17(26)6-4-14)12-30-31-25(32)23-8-15-7-18(27)10-20(29)24(15)35-23/h3-12H,2,13H2,1H3,(H,31,32)/b30-12-. The van der Waals surface area contributed by atoms with Crippen LogP contribution in [0.1, 0.15) is 28.6 Å². The van der Waals surface area contributed by atoms with Crippen LogP contribution in [-0.4, -0.2) is 18.7 Å². The van der Waals surface area contributed by atoms with E-state index in [1.54, 1.807) is 12.1 Å². The molecule has 0 spiro atoms. The Morgan fingerprint density at radius 2 is 1.77 bits per heavy atom. The number of carbonyl (C=O) groups excluding carboxylic acids is 1. The summed E-state index contributed by atoms with van der Waals surface area (Å²) in [6, 6.07) is 17.1. The minimum Gasteiger partial charge on any atom is -0.490 e. The van der Waals surface area contributed by atoms with Crippen LogP contribution in [0.3, 0.4) is 0 Å². The van der Waals surface area contributed by atoms with E-state index < -0.39 is 5.91 Å². The largest absolute Gasteiger partial charge is 0.490 e. The number of benzene rings is 3. The van der Waals surface area contributed by atoms with E-state index in [4.69, 9.17) is 13.9 Å². The lowest BCUT2D eigenvalue weighted by molar-refractivity contribution is 0.0929. The summed E-state index contributed by atoms with van der Waals surface area (Å²) in [6.07, 6.45) is 1.53. The summed E-state index contributed by atoms with van der Waals surface area (Å²) >= 11 is 12.6. The molecule has 1 amide bonds. The van der Waals surface area contributed by atoms with Crippen molar-refractivity contribution in [2.24, 2.45) is 5.10 Å². The highest BCUT2D eigenvalue weighted by atomic mass is 127. The molecule has 4 aromatic rings. The third-order valence-corrected chi connectivity index (χ3v) is 7.27. The van der Waals surface area contributed by atoms with Gasteiger partial charge in [-0.15, -0.1) is 0 Å². The molecule has 0 unspecified atom stereocenters. The first-order valence-electron chi connectivity index (χ1n) is 10.4. The van der Waals surface area contributed by atoms with E-state index in [1.807, 2.05) is 49.4 Å². The first kappa shape index (κ1) is 26.2. The molecule has 0 aliphatic carbocycles. The Morgan fingerprint density at radius 3 is 2.51 bits per heavy atom. The molecule has 0 bridgehead atoms. The summed E-state index contributed by atoms with van der Waals surface area (Å²) in [5, 5.41) is 4.93. The van der Waals surface area contributed by atoms with E-state index in [9.17, 15) is 4.79 Å². The molecule has 0 saturated heterocycles. The molecule has 0 aliphatic heterocycles. The summed E-state index contributed by atoms with van der Waals surface area (Å²) in [5.41, 5.74) is 4.92. The normalized spacial score (nSPS) is 11.2. The van der Waals surface area contributed by atoms with Gasteiger partial charge in [-0.05, 0) is 93.5 Å². The monoisotopic (exact) mass is 774 g/mol. The fourth-order valence-corrected chi connectivity index (χ4v) is 5.53. The molecule has 3 aromatic carbocycles. The summed E-state index contributed by atoms with van der Waals surface area (Å²) < 4.78 is 21.1. The SMILES string of the molecule is CCOc1cc(/C=N\NC(=O)c2cc3cc(Br)cc(I)c3o2)c(Br)cc1OCc1ccc(Br)cc1. The van der Waals surface area contributed by atoms with Crippen LogP contribution in [-0.2, 0) is 6.61 Å². The van der Waals surface area contributed by atoms with Crippen LogP contribution in [0.25, 0.3) is 11.0 Å². The molecule has 4 rings (SSSR count). The Morgan fingerprint density at radius 1 is 1.03 bits per heavy atom. The lowest BCUT2D eigenvalue weighted by Crippen LogP contribution is -2.16. The number of nitrogens with one attached hydrogen (secondary N) is 1. The van der Waals surface area contributed by atoms with Crippen molar-refractivity contribution in [3.63, 3.8) is 0 Å². The number of nitrogens with zero attached hydrogens (tertiary/aromatic N) is 1. The van der Waals surface area contributed by atoms with E-state index in [0.29, 0.717) is 35.9 Å². The predicted octanol–water partition coefficient (Wildman–Crippen LogP) is 8.07. The molecule has 10 heteroatoms. The minimum absolute atomic E-state index is 0.180. The van der Waals surface area contributed by atoms with Crippen molar-refractivity contribution in [2.75, 3.05) is 6.61 Å². The highest BCUT2D eigenvalue weighted by molar-refractivity contribution is 14.1. The number of ether oxygens (including phenoxy) is 2. The van der Waals surface area contributed by atoms with E-state index in [1.165, 1.54) is 6.21 Å². The Balaban J connectivity index is 1.47. The second kappa shape index (κ2) is 11.9. The predicted molar refractivity (Wildman–Crippen MR) is 155 cm³/mol. The fraction of sp³-hybridized carbons (Fsp3) is 0.120. The van der Waals surface area contributed by atoms with Crippen LogP contribution >= 0.6 is 70.4 Å². The van der Waals surface area contributed by atoms with Crippen molar-refractivity contribution in [1.29, 1.82) is 0 Å². The van der Waals surface area contributed by atoms with Gasteiger partial charge in [0.2, 0.25) is 0 Å². The number of amides is 1. The number of furan rings is 1. The second-order valence-corrected chi connectivity index (χ2v) is 11.1. The van der Waals surface area contributed by atoms with Crippen LogP contribution < -0.4 is 14.9 Å². The van der Waals surface area contributed by atoms with Gasteiger partial charge < -0.3 is 13.9 Å². The Bertz CT molecular complexity index is 1400. The van der Waals surface area contributed by atoms with Crippen LogP contribution in [0, 0.1) is 3.57 Å². The van der Waals surface area contributed by atoms with Gasteiger partial charge in [0.1, 0.15) is 12.2 Å². The van der Waals surface area contributed by atoms with Gasteiger partial charge in [-0.3, -0.25) is 4.79 Å². The van der Waals surface area contributed by atoms with Crippen molar-refractivity contribution in [2.45, 2.75) is 13.5 Å². The summed E-state index contributed by atoms with van der Waals surface area (Å²) in [5.74, 6) is 0.919. The maximum absolute atomic E-state index is 12.6. The van der Waals surface area contributed by atoms with Gasteiger partial charge in [0.25, 0.3) is 0 Å². The van der Waals surface area contributed by atoms with Crippen LogP contribution in [0.5, 0.6) is 11.5 Å². The van der Waals surface area contributed by atoms with E-state index >= 15 is 0 Å². The molecular formula is C25H18Br3IN2O4. The maximum Gasteiger partial charge on any atom is 0.307 e. The van der Waals surface area contributed by atoms with Crippen molar-refractivity contribution >= 4 is 93.5 Å². The third-order valence-electron chi connectivity index (χ3n) is 4.80. The zero-order valence-electron chi connectivity index (χ0n) is 18.3. The number of hydrogen-bond donors (Lipinski definition) is 1. The first-order chi connectivity index (χ1) is 16.8. The molecule has 0 atom stereocenters. The Hall–Kier alpha value is -1.89. The molecule has 0 saturated carbocycles. The molecule has 35 heavy (non-hydrogen) atoms. The highest BCUT2D eigenvalue weighted by Crippen LogP contribution is 2.34. The molecule has 1 heterocycles. The zero-order valence-corrected chi connectivity index (χ0v) is 25.2. The van der Waals surface area contributed by atoms with Crippen molar-refractivity contribution < 1.29 is 18.7 Å². The number of hydrogen-bond acceptors (Lipinski definition) is 5. The van der Waals surface area contributed by atoms with E-state index in [0.717, 1.165) is 27.9 Å². The van der Waals surface area contributed by atoms with Gasteiger partial charge in [0, 0.05) is 24.4 Å². The lowest BCUT2D eigenvalue weighted by atomic mass is 10.2. The average molecular weight is 777 g/mol. The van der Waals surface area contributed by atoms with E-state index in [-0.39, 0.29) is 5.76 Å². The molecule has 1 aromatic heterocycles. The summed E-state index contributed by atoms with van der Waals surface area (Å²) in [4.78, 5) is 12.6. The number of carbonyl (C=O) groups is 1. The number of rotatable bonds is 8. The van der Waals surface area contributed by atoms with Gasteiger partial charge in [0.15, 0.2) is 17.3 Å². The van der Waals surface area contributed by atoms with Crippen LogP contribution in [0.4, 0.5) is 0 Å². The number of fused-ring (bicyclic) bond motifs is 1. The average Bonchev–Trinajstić information content (AvgIpc) is 3.25. The summed E-state index contributed by atoms with van der Waals surface area (Å²) in [6.45, 7) is 2.78. The summed E-state index contributed by atoms with van der Waals surface area (Å²) in [7, 11) is 0. The van der Waals surface area contributed by atoms with Gasteiger partial charge in [-0.2, -0.15) is 5.10 Å². The fourth-order valence-electron chi connectivity index (χ4n) is 3.18. The Kier molecular flexibility index (Phi) is 8.90. The second-order valence-electron chi connectivity index (χ2n) is 7.28. The minimum atomic E-state index is -0.444. The number of hydrazone groups is 1. The Labute approximate surface area is 241 Å². The topological polar surface area (TPSA) is 73.1 Å². The van der Waals surface area contributed by atoms with Gasteiger partial charge in [-0.25, -0.2) is 5.43 Å². The third kappa shape index (κ3) is 6.66. The molecular weight excluding hydrogens is 759 g/mol. The van der Waals surface area contributed by atoms with Gasteiger partial charge >= 0.3 is 5.91 Å². The van der Waals surface area contributed by atoms with Crippen molar-refractivity contribution in [1.82, 2.24) is 5.43 Å². The van der Waals surface area contributed by atoms with E-state index in [2.05, 4.69) is 80.9 Å². The number of halogens is 4. The van der Waals surface area contributed by atoms with Crippen molar-refractivity contribution in [3.05, 3.63) is 88.5 Å². The molecule has 1 N–H and O–H groups in total. The molecule has 6 nitrogen and oxygen atoms in total. The van der Waals surface area contributed by atoms with Gasteiger partial charge in [0.05, 0.1) is 16.4 Å². The molecule has 0 fully saturated rings. The van der Waals surface area contributed by atoms with Gasteiger partial charge in [-0.1, -0.05) is 44.0 Å². The van der Waals surface area contributed by atoms with Crippen LogP contribution in [0.2, 0.25) is 0 Å². The lowest BCUT2D eigenvalue weighted by Gasteiger charge is -2.14. The molecule has 180 valence electrons. The zero-order chi connectivity index (χ0) is 24.9. The van der Waals surface area contributed by atoms with Crippen molar-refractivity contribution in [3.8, 4) is 11.5 Å². The molecule has 0 radical (unpaired) electrons. The quantitative estimate of drug-likeness (QED) is 0.112. The highest BCUT2D eigenvalue weighted by Gasteiger charge is 2.15. The first-order valence-corrected chi connectivity index (χ1v) is 13.9. The molecule has 0 aliphatic rings. The maximum atomic E-state index is 12.6. The smallest absolute Gasteiger partial charge is 0.307 e. The van der Waals surface area contributed by atoms with Crippen LogP contribution in [0.15, 0.2) is 77.5 Å².